The zero-order chi connectivity index (χ0) is 22.6. The zero-order valence-electron chi connectivity index (χ0n) is 20.0. The number of amides is 2. The first kappa shape index (κ1) is 23.3. The van der Waals surface area contributed by atoms with E-state index in [0.717, 1.165) is 51.9 Å². The van der Waals surface area contributed by atoms with Crippen molar-refractivity contribution in [2.24, 2.45) is 11.8 Å². The summed E-state index contributed by atoms with van der Waals surface area (Å²) in [5.41, 5.74) is 0.809. The van der Waals surface area contributed by atoms with Crippen molar-refractivity contribution in [3.8, 4) is 0 Å². The number of hydrogen-bond donors (Lipinski definition) is 1. The van der Waals surface area contributed by atoms with E-state index in [1.807, 2.05) is 4.90 Å². The van der Waals surface area contributed by atoms with Crippen LogP contribution in [0.1, 0.15) is 70.8 Å². The van der Waals surface area contributed by atoms with Gasteiger partial charge in [0.25, 0.3) is 0 Å². The number of nitrogens with one attached hydrogen (secondary N) is 1. The van der Waals surface area contributed by atoms with Gasteiger partial charge in [0.05, 0.1) is 0 Å². The second kappa shape index (κ2) is 10.4. The molecule has 32 heavy (non-hydrogen) atoms. The first-order valence-electron chi connectivity index (χ1n) is 12.9. The van der Waals surface area contributed by atoms with Gasteiger partial charge in [0.1, 0.15) is 11.6 Å². The second-order valence-corrected chi connectivity index (χ2v) is 10.7. The fourth-order valence-corrected chi connectivity index (χ4v) is 5.46. The maximum Gasteiger partial charge on any atom is 0.246 e. The summed E-state index contributed by atoms with van der Waals surface area (Å²) < 4.78 is 0. The third-order valence-electron chi connectivity index (χ3n) is 7.62. The number of piperazine rings is 1. The van der Waals surface area contributed by atoms with Crippen LogP contribution >= 0.6 is 0 Å². The van der Waals surface area contributed by atoms with Gasteiger partial charge in [-0.2, -0.15) is 0 Å². The molecule has 0 radical (unpaired) electrons. The summed E-state index contributed by atoms with van der Waals surface area (Å²) >= 11 is 0. The molecule has 176 valence electrons. The SMILES string of the molecule is CC(C)C[C@@H]1NC(=O)C2(CCN(CCCCCc3ccccc3)CC2)N(CC2CC2)C1=O. The summed E-state index contributed by atoms with van der Waals surface area (Å²) in [4.78, 5) is 31.2. The third-order valence-corrected chi connectivity index (χ3v) is 7.62. The highest BCUT2D eigenvalue weighted by Crippen LogP contribution is 2.38. The van der Waals surface area contributed by atoms with Crippen LogP contribution in [-0.4, -0.2) is 59.4 Å². The molecule has 3 aliphatic rings. The Bertz CT molecular complexity index is 766. The molecule has 5 heteroatoms. The van der Waals surface area contributed by atoms with E-state index in [2.05, 4.69) is 54.4 Å². The molecule has 2 heterocycles. The van der Waals surface area contributed by atoms with E-state index in [1.54, 1.807) is 0 Å². The predicted octanol–water partition coefficient (Wildman–Crippen LogP) is 4.02. The van der Waals surface area contributed by atoms with Crippen LogP contribution in [0, 0.1) is 11.8 Å². The number of hydrogen-bond acceptors (Lipinski definition) is 3. The molecule has 1 aromatic rings. The highest BCUT2D eigenvalue weighted by molar-refractivity contribution is 6.00. The fourth-order valence-electron chi connectivity index (χ4n) is 5.46. The summed E-state index contributed by atoms with van der Waals surface area (Å²) in [6.07, 6.45) is 9.50. The van der Waals surface area contributed by atoms with E-state index < -0.39 is 5.54 Å². The molecule has 2 aliphatic heterocycles. The van der Waals surface area contributed by atoms with Gasteiger partial charge >= 0.3 is 0 Å². The van der Waals surface area contributed by atoms with E-state index in [0.29, 0.717) is 11.8 Å². The summed E-state index contributed by atoms with van der Waals surface area (Å²) in [6, 6.07) is 10.4. The van der Waals surface area contributed by atoms with Crippen LogP contribution < -0.4 is 5.32 Å². The van der Waals surface area contributed by atoms with Crippen LogP contribution in [-0.2, 0) is 16.0 Å². The number of carbonyl (C=O) groups is 2. The highest BCUT2D eigenvalue weighted by atomic mass is 16.2. The lowest BCUT2D eigenvalue weighted by Gasteiger charge is -2.52. The molecule has 1 atom stereocenters. The Balaban J connectivity index is 1.28. The second-order valence-electron chi connectivity index (χ2n) is 10.7. The standard InChI is InChI=1S/C27H41N3O2/c1-21(2)19-24-25(31)30(20-23-12-13-23)27(26(32)28-24)14-17-29(18-15-27)16-8-4-7-11-22-9-5-3-6-10-22/h3,5-6,9-10,21,23-24H,4,7-8,11-20H2,1-2H3,(H,28,32)/t24-/m0/s1. The maximum atomic E-state index is 13.4. The molecule has 5 nitrogen and oxygen atoms in total. The van der Waals surface area contributed by atoms with Crippen molar-refractivity contribution in [1.29, 1.82) is 0 Å². The average Bonchev–Trinajstić information content (AvgIpc) is 3.61. The normalized spacial score (nSPS) is 23.7. The van der Waals surface area contributed by atoms with Crippen molar-refractivity contribution in [2.75, 3.05) is 26.2 Å². The van der Waals surface area contributed by atoms with Crippen molar-refractivity contribution in [1.82, 2.24) is 15.1 Å². The fraction of sp³-hybridized carbons (Fsp3) is 0.704. The van der Waals surface area contributed by atoms with E-state index in [-0.39, 0.29) is 17.9 Å². The van der Waals surface area contributed by atoms with Crippen LogP contribution in [0.2, 0.25) is 0 Å². The summed E-state index contributed by atoms with van der Waals surface area (Å²) in [5, 5.41) is 3.12. The first-order chi connectivity index (χ1) is 15.5. The average molecular weight is 440 g/mol. The van der Waals surface area contributed by atoms with Crippen molar-refractivity contribution >= 4 is 11.8 Å². The minimum absolute atomic E-state index is 0.103. The molecule has 1 N–H and O–H groups in total. The molecule has 2 saturated heterocycles. The summed E-state index contributed by atoms with van der Waals surface area (Å²) in [5.74, 6) is 1.26. The summed E-state index contributed by atoms with van der Waals surface area (Å²) in [6.45, 7) is 7.94. The van der Waals surface area contributed by atoms with Crippen molar-refractivity contribution in [2.45, 2.75) is 83.2 Å². The van der Waals surface area contributed by atoms with Crippen molar-refractivity contribution in [3.05, 3.63) is 35.9 Å². The highest BCUT2D eigenvalue weighted by Gasteiger charge is 2.54. The van der Waals surface area contributed by atoms with Crippen molar-refractivity contribution in [3.63, 3.8) is 0 Å². The third kappa shape index (κ3) is 5.54. The predicted molar refractivity (Wildman–Crippen MR) is 128 cm³/mol. The van der Waals surface area contributed by atoms with Crippen LogP contribution in [0.5, 0.6) is 0 Å². The van der Waals surface area contributed by atoms with Gasteiger partial charge < -0.3 is 15.1 Å². The number of carbonyl (C=O) groups excluding carboxylic acids is 2. The quantitative estimate of drug-likeness (QED) is 0.560. The summed E-state index contributed by atoms with van der Waals surface area (Å²) in [7, 11) is 0. The molecule has 1 aromatic carbocycles. The number of benzene rings is 1. The zero-order valence-corrected chi connectivity index (χ0v) is 20.0. The molecule has 1 aliphatic carbocycles. The Morgan fingerprint density at radius 1 is 1.03 bits per heavy atom. The molecular formula is C27H41N3O2. The lowest BCUT2D eigenvalue weighted by atomic mass is 9.80. The van der Waals surface area contributed by atoms with Gasteiger partial charge in [-0.25, -0.2) is 0 Å². The number of unbranched alkanes of at least 4 members (excludes halogenated alkanes) is 2. The number of piperidine rings is 1. The largest absolute Gasteiger partial charge is 0.342 e. The molecule has 1 saturated carbocycles. The van der Waals surface area contributed by atoms with E-state index in [9.17, 15) is 9.59 Å². The molecule has 2 amide bonds. The van der Waals surface area contributed by atoms with Gasteiger partial charge in [-0.3, -0.25) is 9.59 Å². The Labute approximate surface area is 193 Å². The monoisotopic (exact) mass is 439 g/mol. The number of nitrogens with zero attached hydrogens (tertiary/aromatic N) is 2. The van der Waals surface area contributed by atoms with Crippen LogP contribution in [0.15, 0.2) is 30.3 Å². The van der Waals surface area contributed by atoms with Gasteiger partial charge in [0.15, 0.2) is 0 Å². The van der Waals surface area contributed by atoms with Gasteiger partial charge in [-0.15, -0.1) is 0 Å². The van der Waals surface area contributed by atoms with Gasteiger partial charge in [-0.1, -0.05) is 50.6 Å². The van der Waals surface area contributed by atoms with Crippen molar-refractivity contribution < 1.29 is 9.59 Å². The lowest BCUT2D eigenvalue weighted by Crippen LogP contribution is -2.73. The smallest absolute Gasteiger partial charge is 0.246 e. The molecule has 0 unspecified atom stereocenters. The van der Waals surface area contributed by atoms with E-state index >= 15 is 0 Å². The molecular weight excluding hydrogens is 398 g/mol. The Kier molecular flexibility index (Phi) is 7.55. The maximum absolute atomic E-state index is 13.4. The Hall–Kier alpha value is -1.88. The van der Waals surface area contributed by atoms with Crippen LogP contribution in [0.4, 0.5) is 0 Å². The molecule has 0 bridgehead atoms. The molecule has 0 aromatic heterocycles. The Morgan fingerprint density at radius 2 is 1.75 bits per heavy atom. The van der Waals surface area contributed by atoms with E-state index in [1.165, 1.54) is 37.7 Å². The van der Waals surface area contributed by atoms with E-state index in [4.69, 9.17) is 0 Å². The molecule has 4 rings (SSSR count). The van der Waals surface area contributed by atoms with Gasteiger partial charge in [0.2, 0.25) is 11.8 Å². The van der Waals surface area contributed by atoms with Gasteiger partial charge in [0, 0.05) is 19.6 Å². The Morgan fingerprint density at radius 3 is 2.41 bits per heavy atom. The molecule has 3 fully saturated rings. The van der Waals surface area contributed by atoms with Gasteiger partial charge in [-0.05, 0) is 75.3 Å². The minimum Gasteiger partial charge on any atom is -0.342 e. The minimum atomic E-state index is -0.614. The van der Waals surface area contributed by atoms with Crippen LogP contribution in [0.25, 0.3) is 0 Å². The van der Waals surface area contributed by atoms with Crippen LogP contribution in [0.3, 0.4) is 0 Å². The lowest BCUT2D eigenvalue weighted by molar-refractivity contribution is -0.162. The number of aryl methyl sites for hydroxylation is 1. The number of rotatable bonds is 10. The topological polar surface area (TPSA) is 52.7 Å². The number of likely N-dealkylation sites (tertiary alicyclic amines) is 1. The molecule has 1 spiro atoms. The first-order valence-corrected chi connectivity index (χ1v) is 12.9.